The van der Waals surface area contributed by atoms with Gasteiger partial charge in [0.15, 0.2) is 0 Å². The summed E-state index contributed by atoms with van der Waals surface area (Å²) >= 11 is 4.45. The van der Waals surface area contributed by atoms with Gasteiger partial charge in [-0.3, -0.25) is 0 Å². The molecule has 0 bridgehead atoms. The topological polar surface area (TPSA) is 0 Å². The fourth-order valence-electron chi connectivity index (χ4n) is 0.119. The number of alkyl halides is 1. The van der Waals surface area contributed by atoms with Gasteiger partial charge in [0.05, 0.1) is 0 Å². The SMILES string of the molecule is BrCC#C[CH2][In]. The van der Waals surface area contributed by atoms with E-state index >= 15 is 0 Å². The summed E-state index contributed by atoms with van der Waals surface area (Å²) in [5, 5.41) is 0.827. The van der Waals surface area contributed by atoms with Crippen molar-refractivity contribution in [3.8, 4) is 11.8 Å². The molecule has 0 aromatic carbocycles. The van der Waals surface area contributed by atoms with Gasteiger partial charge in [-0.15, -0.1) is 0 Å². The van der Waals surface area contributed by atoms with Crippen molar-refractivity contribution in [1.29, 1.82) is 0 Å². The molecule has 0 rings (SSSR count). The van der Waals surface area contributed by atoms with E-state index in [4.69, 9.17) is 0 Å². The molecule has 0 saturated heterocycles. The Morgan fingerprint density at radius 1 is 1.50 bits per heavy atom. The van der Waals surface area contributed by atoms with Gasteiger partial charge in [0, 0.05) is 0 Å². The van der Waals surface area contributed by atoms with Crippen molar-refractivity contribution in [1.82, 2.24) is 0 Å². The van der Waals surface area contributed by atoms with Crippen LogP contribution < -0.4 is 0 Å². The van der Waals surface area contributed by atoms with Crippen LogP contribution in [-0.4, -0.2) is 29.7 Å². The molecule has 0 aromatic rings. The Morgan fingerprint density at radius 3 is 2.33 bits per heavy atom. The van der Waals surface area contributed by atoms with E-state index in [1.54, 1.807) is 0 Å². The zero-order valence-corrected chi connectivity index (χ0v) is 8.25. The van der Waals surface area contributed by atoms with Crippen molar-refractivity contribution >= 4 is 40.3 Å². The van der Waals surface area contributed by atoms with Crippen molar-refractivity contribution in [3.63, 3.8) is 0 Å². The Bertz CT molecular complexity index is 61.4. The molecule has 0 saturated carbocycles. The van der Waals surface area contributed by atoms with Gasteiger partial charge < -0.3 is 0 Å². The standard InChI is InChI=1S/C4H4Br.In/c1-2-3-4-5;/h1,4H2;. The van der Waals surface area contributed by atoms with Crippen molar-refractivity contribution in [3.05, 3.63) is 0 Å². The average molecular weight is 247 g/mol. The van der Waals surface area contributed by atoms with E-state index in [2.05, 4.69) is 27.8 Å². The number of hydrogen-bond donors (Lipinski definition) is 0. The van der Waals surface area contributed by atoms with Crippen molar-refractivity contribution in [2.75, 3.05) is 5.33 Å². The second-order valence-corrected chi connectivity index (χ2v) is 2.42. The molecule has 0 spiro atoms. The number of halogens is 1. The Balaban J connectivity index is 2.90. The first-order valence-corrected chi connectivity index (χ1v) is 5.08. The van der Waals surface area contributed by atoms with Crippen LogP contribution in [0.2, 0.25) is 4.18 Å². The van der Waals surface area contributed by atoms with Gasteiger partial charge in [-0.1, -0.05) is 0 Å². The Hall–Kier alpha value is 0.910. The summed E-state index contributed by atoms with van der Waals surface area (Å²) in [4.78, 5) is 0. The molecule has 0 N–H and O–H groups in total. The van der Waals surface area contributed by atoms with E-state index in [1.165, 1.54) is 24.4 Å². The van der Waals surface area contributed by atoms with Crippen LogP contribution in [-0.2, 0) is 0 Å². The molecular formula is C4H4BrIn. The molecule has 0 heterocycles. The summed E-state index contributed by atoms with van der Waals surface area (Å²) in [5.74, 6) is 5.86. The number of hydrogen-bond acceptors (Lipinski definition) is 0. The Morgan fingerprint density at radius 2 is 2.17 bits per heavy atom. The van der Waals surface area contributed by atoms with Gasteiger partial charge in [0.2, 0.25) is 0 Å². The predicted octanol–water partition coefficient (Wildman–Crippen LogP) is 0.972. The van der Waals surface area contributed by atoms with Gasteiger partial charge in [-0.25, -0.2) is 0 Å². The molecule has 0 aliphatic heterocycles. The van der Waals surface area contributed by atoms with Crippen LogP contribution in [0.4, 0.5) is 0 Å². The molecule has 0 aliphatic rings. The summed E-state index contributed by atoms with van der Waals surface area (Å²) in [7, 11) is 0. The van der Waals surface area contributed by atoms with E-state index in [0.29, 0.717) is 0 Å². The maximum absolute atomic E-state index is 3.19. The second kappa shape index (κ2) is 5.91. The third-order valence-corrected chi connectivity index (χ3v) is 1.16. The fraction of sp³-hybridized carbons (Fsp3) is 0.500. The second-order valence-electron chi connectivity index (χ2n) is 0.691. The third-order valence-electron chi connectivity index (χ3n) is 0.294. The van der Waals surface area contributed by atoms with E-state index in [1.807, 2.05) is 0 Å². The molecular weight excluding hydrogens is 243 g/mol. The van der Waals surface area contributed by atoms with Gasteiger partial charge in [-0.05, 0) is 0 Å². The Kier molecular flexibility index (Phi) is 6.81. The summed E-state index contributed by atoms with van der Waals surface area (Å²) in [6.07, 6.45) is 0. The van der Waals surface area contributed by atoms with Gasteiger partial charge in [0.1, 0.15) is 0 Å². The van der Waals surface area contributed by atoms with E-state index < -0.39 is 0 Å². The zero-order valence-electron chi connectivity index (χ0n) is 3.37. The molecule has 0 fully saturated rings. The minimum atomic E-state index is 0.827. The minimum absolute atomic E-state index is 0.827. The van der Waals surface area contributed by atoms with Crippen LogP contribution in [0.15, 0.2) is 0 Å². The molecule has 2 radical (unpaired) electrons. The van der Waals surface area contributed by atoms with Crippen LogP contribution in [0.3, 0.4) is 0 Å². The van der Waals surface area contributed by atoms with Crippen molar-refractivity contribution in [2.45, 2.75) is 4.18 Å². The molecule has 0 unspecified atom stereocenters. The molecule has 0 nitrogen and oxygen atoms in total. The average Bonchev–Trinajstić information content (AvgIpc) is 1.61. The molecule has 0 atom stereocenters. The molecule has 6 heavy (non-hydrogen) atoms. The molecule has 30 valence electrons. The van der Waals surface area contributed by atoms with Crippen molar-refractivity contribution in [2.24, 2.45) is 0 Å². The van der Waals surface area contributed by atoms with Crippen LogP contribution in [0.25, 0.3) is 0 Å². The summed E-state index contributed by atoms with van der Waals surface area (Å²) < 4.78 is 1.09. The number of rotatable bonds is 0. The first-order valence-electron chi connectivity index (χ1n) is 1.63. The maximum atomic E-state index is 3.19. The van der Waals surface area contributed by atoms with E-state index in [0.717, 1.165) is 9.51 Å². The summed E-state index contributed by atoms with van der Waals surface area (Å²) in [6, 6.07) is 0. The van der Waals surface area contributed by atoms with Gasteiger partial charge in [-0.2, -0.15) is 0 Å². The van der Waals surface area contributed by atoms with Gasteiger partial charge >= 0.3 is 61.7 Å². The molecule has 2 heteroatoms. The van der Waals surface area contributed by atoms with Gasteiger partial charge in [0.25, 0.3) is 0 Å². The Labute approximate surface area is 61.4 Å². The first-order chi connectivity index (χ1) is 2.91. The summed E-state index contributed by atoms with van der Waals surface area (Å²) in [5.41, 5.74) is 0. The van der Waals surface area contributed by atoms with Crippen molar-refractivity contribution < 1.29 is 0 Å². The summed E-state index contributed by atoms with van der Waals surface area (Å²) in [6.45, 7) is 0. The molecule has 0 aliphatic carbocycles. The monoisotopic (exact) mass is 246 g/mol. The first kappa shape index (κ1) is 6.91. The normalized spacial score (nSPS) is 6.17. The van der Waals surface area contributed by atoms with Crippen LogP contribution >= 0.6 is 15.9 Å². The van der Waals surface area contributed by atoms with E-state index in [9.17, 15) is 0 Å². The van der Waals surface area contributed by atoms with E-state index in [-0.39, 0.29) is 0 Å². The van der Waals surface area contributed by atoms with Crippen LogP contribution in [0.1, 0.15) is 0 Å². The van der Waals surface area contributed by atoms with Crippen LogP contribution in [0.5, 0.6) is 0 Å². The quantitative estimate of drug-likeness (QED) is 0.442. The van der Waals surface area contributed by atoms with Crippen LogP contribution in [0, 0.1) is 11.8 Å². The third kappa shape index (κ3) is 4.91. The molecule has 0 aromatic heterocycles. The zero-order chi connectivity index (χ0) is 4.83. The fourth-order valence-corrected chi connectivity index (χ4v) is 0.730. The molecule has 0 amide bonds. The predicted molar refractivity (Wildman–Crippen MR) is 32.1 cm³/mol.